The van der Waals surface area contributed by atoms with Crippen LogP contribution < -0.4 is 10.6 Å². The third-order valence-corrected chi connectivity index (χ3v) is 5.21. The van der Waals surface area contributed by atoms with Gasteiger partial charge in [-0.2, -0.15) is 0 Å². The van der Waals surface area contributed by atoms with Crippen molar-refractivity contribution in [2.75, 3.05) is 25.0 Å². The van der Waals surface area contributed by atoms with E-state index in [1.165, 1.54) is 0 Å². The maximum atomic E-state index is 14.9. The highest BCUT2D eigenvalue weighted by Gasteiger charge is 2.34. The summed E-state index contributed by atoms with van der Waals surface area (Å²) < 4.78 is 20.7. The number of amides is 1. The van der Waals surface area contributed by atoms with Gasteiger partial charge in [-0.05, 0) is 49.9 Å². The van der Waals surface area contributed by atoms with Crippen LogP contribution in [0.3, 0.4) is 0 Å². The second-order valence-electron chi connectivity index (χ2n) is 7.88. The monoisotopic (exact) mass is 363 g/mol. The first-order chi connectivity index (χ1) is 12.4. The number of morpholine rings is 1. The van der Waals surface area contributed by atoms with Gasteiger partial charge in [0.2, 0.25) is 5.91 Å². The molecule has 3 rings (SSSR count). The number of fused-ring (bicyclic) bond motifs is 1. The summed E-state index contributed by atoms with van der Waals surface area (Å²) in [6.45, 7) is 11.0. The summed E-state index contributed by atoms with van der Waals surface area (Å²) >= 11 is 0. The van der Waals surface area contributed by atoms with Gasteiger partial charge >= 0.3 is 0 Å². The van der Waals surface area contributed by atoms with E-state index in [0.29, 0.717) is 26.1 Å². The smallest absolute Gasteiger partial charge is 0.242 e. The zero-order valence-corrected chi connectivity index (χ0v) is 16.1. The minimum Gasteiger partial charge on any atom is -0.373 e. The Balaban J connectivity index is 1.78. The van der Waals surface area contributed by atoms with Crippen molar-refractivity contribution in [3.63, 3.8) is 0 Å². The van der Waals surface area contributed by atoms with Crippen molar-refractivity contribution in [3.8, 4) is 0 Å². The fraction of sp³-hybridized carbons (Fsp3) is 0.650. The normalized spacial score (nSPS) is 25.0. The summed E-state index contributed by atoms with van der Waals surface area (Å²) in [6.07, 6.45) is 0.818. The molecule has 3 unspecified atom stereocenters. The molecule has 0 spiro atoms. The first-order valence-corrected chi connectivity index (χ1v) is 9.58. The van der Waals surface area contributed by atoms with Crippen molar-refractivity contribution in [2.45, 2.75) is 58.9 Å². The van der Waals surface area contributed by atoms with Gasteiger partial charge in [-0.25, -0.2) is 4.39 Å². The number of rotatable bonds is 4. The zero-order chi connectivity index (χ0) is 18.8. The van der Waals surface area contributed by atoms with E-state index < -0.39 is 0 Å². The third kappa shape index (κ3) is 4.08. The highest BCUT2D eigenvalue weighted by Crippen LogP contribution is 2.26. The largest absolute Gasteiger partial charge is 0.373 e. The van der Waals surface area contributed by atoms with Crippen LogP contribution in [0.4, 0.5) is 10.1 Å². The van der Waals surface area contributed by atoms with Gasteiger partial charge in [0.15, 0.2) is 0 Å². The summed E-state index contributed by atoms with van der Waals surface area (Å²) in [4.78, 5) is 15.2. The van der Waals surface area contributed by atoms with Crippen molar-refractivity contribution in [3.05, 3.63) is 29.1 Å². The second kappa shape index (κ2) is 8.03. The lowest BCUT2D eigenvalue weighted by atomic mass is 9.98. The molecule has 5 nitrogen and oxygen atoms in total. The van der Waals surface area contributed by atoms with Crippen LogP contribution in [0.25, 0.3) is 0 Å². The van der Waals surface area contributed by atoms with Crippen LogP contribution in [0.2, 0.25) is 0 Å². The molecule has 1 saturated heterocycles. The summed E-state index contributed by atoms with van der Waals surface area (Å²) in [6, 6.07) is 3.28. The lowest BCUT2D eigenvalue weighted by molar-refractivity contribution is -0.130. The molecule has 0 aromatic heterocycles. The first kappa shape index (κ1) is 19.3. The molecule has 2 N–H and O–H groups in total. The number of nitrogens with zero attached hydrogens (tertiary/aromatic N) is 1. The minimum absolute atomic E-state index is 0.0841. The van der Waals surface area contributed by atoms with E-state index in [1.54, 1.807) is 6.07 Å². The molecule has 1 fully saturated rings. The lowest BCUT2D eigenvalue weighted by Crippen LogP contribution is -2.55. The van der Waals surface area contributed by atoms with E-state index in [-0.39, 0.29) is 41.6 Å². The SMILES string of the molecule is CC1CN(C(C(=O)Nc2ccc3c(c2F)CCNC3)C(C)C)CC(C)O1. The fourth-order valence-electron chi connectivity index (χ4n) is 4.17. The van der Waals surface area contributed by atoms with Crippen molar-refractivity contribution < 1.29 is 13.9 Å². The van der Waals surface area contributed by atoms with Gasteiger partial charge in [0, 0.05) is 19.6 Å². The molecule has 1 aromatic rings. The van der Waals surface area contributed by atoms with Gasteiger partial charge in [0.25, 0.3) is 0 Å². The predicted molar refractivity (Wildman–Crippen MR) is 101 cm³/mol. The van der Waals surface area contributed by atoms with Crippen LogP contribution in [0.5, 0.6) is 0 Å². The number of ether oxygens (including phenoxy) is 1. The van der Waals surface area contributed by atoms with Gasteiger partial charge in [-0.1, -0.05) is 19.9 Å². The predicted octanol–water partition coefficient (Wildman–Crippen LogP) is 2.54. The van der Waals surface area contributed by atoms with Crippen LogP contribution in [-0.4, -0.2) is 48.7 Å². The van der Waals surface area contributed by atoms with Crippen molar-refractivity contribution in [1.82, 2.24) is 10.2 Å². The van der Waals surface area contributed by atoms with Gasteiger partial charge in [-0.15, -0.1) is 0 Å². The van der Waals surface area contributed by atoms with Crippen LogP contribution in [0, 0.1) is 11.7 Å². The number of benzene rings is 1. The van der Waals surface area contributed by atoms with E-state index >= 15 is 0 Å². The molecule has 3 atom stereocenters. The topological polar surface area (TPSA) is 53.6 Å². The van der Waals surface area contributed by atoms with Crippen molar-refractivity contribution in [2.24, 2.45) is 5.92 Å². The average Bonchev–Trinajstić information content (AvgIpc) is 2.56. The molecule has 6 heteroatoms. The van der Waals surface area contributed by atoms with Crippen LogP contribution in [-0.2, 0) is 22.5 Å². The maximum Gasteiger partial charge on any atom is 0.242 e. The fourth-order valence-corrected chi connectivity index (χ4v) is 4.17. The number of halogens is 1. The van der Waals surface area contributed by atoms with Crippen LogP contribution >= 0.6 is 0 Å². The molecule has 2 heterocycles. The molecule has 2 aliphatic rings. The van der Waals surface area contributed by atoms with Gasteiger partial charge in [0.05, 0.1) is 23.9 Å². The third-order valence-electron chi connectivity index (χ3n) is 5.21. The molecule has 0 bridgehead atoms. The molecular formula is C20H30FN3O2. The molecule has 1 amide bonds. The number of carbonyl (C=O) groups is 1. The van der Waals surface area contributed by atoms with E-state index in [1.807, 2.05) is 33.8 Å². The molecule has 2 aliphatic heterocycles. The Morgan fingerprint density at radius 1 is 1.31 bits per heavy atom. The Labute approximate surface area is 155 Å². The molecule has 0 aliphatic carbocycles. The van der Waals surface area contributed by atoms with Gasteiger partial charge in [-0.3, -0.25) is 9.69 Å². The van der Waals surface area contributed by atoms with E-state index in [2.05, 4.69) is 15.5 Å². The molecule has 144 valence electrons. The number of carbonyl (C=O) groups excluding carboxylic acids is 1. The Morgan fingerprint density at radius 3 is 2.65 bits per heavy atom. The standard InChI is InChI=1S/C20H30FN3O2/c1-12(2)19(24-10-13(3)26-14(4)11-24)20(25)23-17-6-5-15-9-22-8-7-16(15)18(17)21/h5-6,12-14,19,22H,7-11H2,1-4H3,(H,23,25). The van der Waals surface area contributed by atoms with Crippen LogP contribution in [0.1, 0.15) is 38.8 Å². The minimum atomic E-state index is -0.305. The average molecular weight is 363 g/mol. The molecular weight excluding hydrogens is 333 g/mol. The quantitative estimate of drug-likeness (QED) is 0.863. The van der Waals surface area contributed by atoms with E-state index in [9.17, 15) is 9.18 Å². The molecule has 1 aromatic carbocycles. The van der Waals surface area contributed by atoms with Crippen LogP contribution in [0.15, 0.2) is 12.1 Å². The molecule has 0 saturated carbocycles. The van der Waals surface area contributed by atoms with Crippen molar-refractivity contribution in [1.29, 1.82) is 0 Å². The summed E-state index contributed by atoms with van der Waals surface area (Å²) in [7, 11) is 0. The molecule has 26 heavy (non-hydrogen) atoms. The number of anilines is 1. The van der Waals surface area contributed by atoms with Gasteiger partial charge in [0.1, 0.15) is 5.82 Å². The summed E-state index contributed by atoms with van der Waals surface area (Å²) in [5.74, 6) is -0.310. The highest BCUT2D eigenvalue weighted by molar-refractivity contribution is 5.95. The highest BCUT2D eigenvalue weighted by atomic mass is 19.1. The first-order valence-electron chi connectivity index (χ1n) is 9.58. The second-order valence-corrected chi connectivity index (χ2v) is 7.88. The zero-order valence-electron chi connectivity index (χ0n) is 16.1. The van der Waals surface area contributed by atoms with E-state index in [4.69, 9.17) is 4.74 Å². The summed E-state index contributed by atoms with van der Waals surface area (Å²) in [5.41, 5.74) is 1.98. The Bertz CT molecular complexity index is 655. The number of hydrogen-bond donors (Lipinski definition) is 2. The maximum absolute atomic E-state index is 14.9. The summed E-state index contributed by atoms with van der Waals surface area (Å²) in [5, 5.41) is 6.09. The van der Waals surface area contributed by atoms with E-state index in [0.717, 1.165) is 17.7 Å². The number of hydrogen-bond acceptors (Lipinski definition) is 4. The number of nitrogens with one attached hydrogen (secondary N) is 2. The Kier molecular flexibility index (Phi) is 5.95. The van der Waals surface area contributed by atoms with Gasteiger partial charge < -0.3 is 15.4 Å². The molecule has 0 radical (unpaired) electrons. The Hall–Kier alpha value is -1.50. The lowest BCUT2D eigenvalue weighted by Gasteiger charge is -2.41. The van der Waals surface area contributed by atoms with Crippen molar-refractivity contribution >= 4 is 11.6 Å². The Morgan fingerprint density at radius 2 is 2.00 bits per heavy atom.